The smallest absolute Gasteiger partial charge is 0.237 e. The molecule has 0 amide bonds. The number of nitrogens with zero attached hydrogens (tertiary/aromatic N) is 5. The highest BCUT2D eigenvalue weighted by molar-refractivity contribution is 6.09. The van der Waals surface area contributed by atoms with Gasteiger partial charge in [-0.25, -0.2) is 15.0 Å². The van der Waals surface area contributed by atoms with Crippen LogP contribution in [0.5, 0.6) is 0 Å². The molecule has 0 fully saturated rings. The summed E-state index contributed by atoms with van der Waals surface area (Å²) in [5.74, 6) is 0.534. The Morgan fingerprint density at radius 2 is 1.20 bits per heavy atom. The summed E-state index contributed by atoms with van der Waals surface area (Å²) in [5.41, 5.74) is 9.49. The van der Waals surface area contributed by atoms with Crippen molar-refractivity contribution >= 4 is 43.9 Å². The molecule has 0 spiro atoms. The first-order valence-corrected chi connectivity index (χ1v) is 15.0. The molecule has 9 aromatic rings. The van der Waals surface area contributed by atoms with Crippen molar-refractivity contribution in [2.24, 2.45) is 0 Å². The fourth-order valence-corrected chi connectivity index (χ4v) is 6.28. The first kappa shape index (κ1) is 25.9. The van der Waals surface area contributed by atoms with Crippen molar-refractivity contribution in [1.82, 2.24) is 19.5 Å². The maximum atomic E-state index is 9.52. The zero-order valence-electron chi connectivity index (χ0n) is 24.4. The average Bonchev–Trinajstić information content (AvgIpc) is 3.66. The molecule has 5 aromatic carbocycles. The Morgan fingerprint density at radius 3 is 1.98 bits per heavy atom. The Kier molecular flexibility index (Phi) is 5.77. The van der Waals surface area contributed by atoms with E-state index in [1.807, 2.05) is 79.0 Å². The summed E-state index contributed by atoms with van der Waals surface area (Å²) >= 11 is 0. The minimum atomic E-state index is 0.534. The predicted octanol–water partition coefficient (Wildman–Crippen LogP) is 9.74. The standard InChI is InChI=1S/C40H23N5O/c41-23-25-15-17-37-31(19-25)32-20-28(16-18-38(32)46-37)35-22-34(27-11-5-2-6-12-27)43-40(44-35)45-36-14-8-7-13-30(36)33-21-29(24-42-39(33)45)26-9-3-1-4-10-26/h1-22,24H. The highest BCUT2D eigenvalue weighted by atomic mass is 16.3. The molecule has 4 aromatic heterocycles. The van der Waals surface area contributed by atoms with Gasteiger partial charge in [-0.3, -0.25) is 4.57 Å². The van der Waals surface area contributed by atoms with E-state index in [0.29, 0.717) is 11.5 Å². The zero-order chi connectivity index (χ0) is 30.6. The fraction of sp³-hybridized carbons (Fsp3) is 0. The van der Waals surface area contributed by atoms with Gasteiger partial charge < -0.3 is 4.42 Å². The Bertz CT molecular complexity index is 2650. The van der Waals surface area contributed by atoms with Gasteiger partial charge in [0.15, 0.2) is 0 Å². The van der Waals surface area contributed by atoms with E-state index in [1.165, 1.54) is 0 Å². The quantitative estimate of drug-likeness (QED) is 0.204. The van der Waals surface area contributed by atoms with E-state index in [2.05, 4.69) is 65.2 Å². The Hall–Kier alpha value is -6.58. The molecule has 0 aliphatic heterocycles. The van der Waals surface area contributed by atoms with Crippen LogP contribution in [0.2, 0.25) is 0 Å². The van der Waals surface area contributed by atoms with Gasteiger partial charge in [0.1, 0.15) is 16.8 Å². The van der Waals surface area contributed by atoms with Crippen LogP contribution in [0.3, 0.4) is 0 Å². The van der Waals surface area contributed by atoms with Gasteiger partial charge in [-0.15, -0.1) is 0 Å². The van der Waals surface area contributed by atoms with Crippen LogP contribution < -0.4 is 0 Å². The monoisotopic (exact) mass is 589 g/mol. The summed E-state index contributed by atoms with van der Waals surface area (Å²) in [4.78, 5) is 15.3. The number of benzene rings is 5. The lowest BCUT2D eigenvalue weighted by Crippen LogP contribution is -2.04. The molecule has 0 aliphatic carbocycles. The zero-order valence-corrected chi connectivity index (χ0v) is 24.4. The molecular formula is C40H23N5O. The molecule has 0 aliphatic rings. The van der Waals surface area contributed by atoms with Gasteiger partial charge in [-0.1, -0.05) is 78.9 Å². The molecule has 6 heteroatoms. The summed E-state index contributed by atoms with van der Waals surface area (Å²) in [5, 5.41) is 13.5. The number of aromatic nitrogens is 4. The molecule has 6 nitrogen and oxygen atoms in total. The van der Waals surface area contributed by atoms with E-state index < -0.39 is 0 Å². The van der Waals surface area contributed by atoms with Crippen LogP contribution in [0.1, 0.15) is 5.56 Å². The number of pyridine rings is 1. The number of rotatable bonds is 4. The lowest BCUT2D eigenvalue weighted by molar-refractivity contribution is 0.669. The minimum Gasteiger partial charge on any atom is -0.456 e. The number of furan rings is 1. The second-order valence-corrected chi connectivity index (χ2v) is 11.3. The van der Waals surface area contributed by atoms with Crippen LogP contribution in [0.25, 0.3) is 83.5 Å². The number of hydrogen-bond donors (Lipinski definition) is 0. The highest BCUT2D eigenvalue weighted by Crippen LogP contribution is 2.36. The second-order valence-electron chi connectivity index (χ2n) is 11.3. The topological polar surface area (TPSA) is 80.5 Å². The van der Waals surface area contributed by atoms with Gasteiger partial charge in [0.05, 0.1) is 28.5 Å². The number of nitriles is 1. The predicted molar refractivity (Wildman–Crippen MR) is 182 cm³/mol. The molecule has 46 heavy (non-hydrogen) atoms. The van der Waals surface area contributed by atoms with Gasteiger partial charge in [-0.2, -0.15) is 5.26 Å². The molecule has 0 radical (unpaired) electrons. The van der Waals surface area contributed by atoms with Gasteiger partial charge in [0, 0.05) is 44.4 Å². The molecular weight excluding hydrogens is 566 g/mol. The molecule has 0 unspecified atom stereocenters. The highest BCUT2D eigenvalue weighted by Gasteiger charge is 2.19. The third-order valence-electron chi connectivity index (χ3n) is 8.50. The molecule has 9 rings (SSSR count). The first-order valence-electron chi connectivity index (χ1n) is 15.0. The normalized spacial score (nSPS) is 11.5. The number of para-hydroxylation sites is 1. The molecule has 214 valence electrons. The first-order chi connectivity index (χ1) is 22.7. The summed E-state index contributed by atoms with van der Waals surface area (Å²) in [6.45, 7) is 0. The van der Waals surface area contributed by atoms with Gasteiger partial charge >= 0.3 is 0 Å². The van der Waals surface area contributed by atoms with Crippen molar-refractivity contribution < 1.29 is 4.42 Å². The second kappa shape index (κ2) is 10.3. The molecule has 0 N–H and O–H groups in total. The molecule has 4 heterocycles. The van der Waals surface area contributed by atoms with Crippen molar-refractivity contribution in [2.75, 3.05) is 0 Å². The minimum absolute atomic E-state index is 0.534. The van der Waals surface area contributed by atoms with E-state index in [-0.39, 0.29) is 0 Å². The molecule has 0 saturated carbocycles. The van der Waals surface area contributed by atoms with Crippen molar-refractivity contribution in [2.45, 2.75) is 0 Å². The third kappa shape index (κ3) is 4.15. The maximum Gasteiger partial charge on any atom is 0.237 e. The lowest BCUT2D eigenvalue weighted by atomic mass is 10.0. The summed E-state index contributed by atoms with van der Waals surface area (Å²) < 4.78 is 8.16. The SMILES string of the molecule is N#Cc1ccc2oc3ccc(-c4cc(-c5ccccc5)nc(-n5c6ccccc6c6cc(-c7ccccc7)cnc65)n4)cc3c2c1. The van der Waals surface area contributed by atoms with E-state index in [4.69, 9.17) is 19.4 Å². The molecule has 0 bridgehead atoms. The van der Waals surface area contributed by atoms with E-state index in [1.54, 1.807) is 6.07 Å². The van der Waals surface area contributed by atoms with Gasteiger partial charge in [0.25, 0.3) is 0 Å². The van der Waals surface area contributed by atoms with Crippen molar-refractivity contribution in [3.8, 4) is 45.7 Å². The van der Waals surface area contributed by atoms with Gasteiger partial charge in [0.2, 0.25) is 5.95 Å². The van der Waals surface area contributed by atoms with Gasteiger partial charge in [-0.05, 0) is 60.2 Å². The summed E-state index contributed by atoms with van der Waals surface area (Å²) in [6.07, 6.45) is 1.92. The van der Waals surface area contributed by atoms with E-state index >= 15 is 0 Å². The van der Waals surface area contributed by atoms with Crippen LogP contribution in [-0.4, -0.2) is 19.5 Å². The Balaban J connectivity index is 1.30. The Morgan fingerprint density at radius 1 is 0.543 bits per heavy atom. The Labute approximate surface area is 263 Å². The lowest BCUT2D eigenvalue weighted by Gasteiger charge is -2.11. The number of hydrogen-bond acceptors (Lipinski definition) is 5. The van der Waals surface area contributed by atoms with E-state index in [9.17, 15) is 5.26 Å². The van der Waals surface area contributed by atoms with Crippen molar-refractivity contribution in [3.63, 3.8) is 0 Å². The number of fused-ring (bicyclic) bond motifs is 6. The van der Waals surface area contributed by atoms with Crippen molar-refractivity contribution in [1.29, 1.82) is 5.26 Å². The average molecular weight is 590 g/mol. The van der Waals surface area contributed by atoms with Crippen LogP contribution in [0.15, 0.2) is 144 Å². The molecule has 0 atom stereocenters. The van der Waals surface area contributed by atoms with Crippen LogP contribution in [0.4, 0.5) is 0 Å². The van der Waals surface area contributed by atoms with Crippen LogP contribution in [0, 0.1) is 11.3 Å². The van der Waals surface area contributed by atoms with E-state index in [0.717, 1.165) is 77.5 Å². The van der Waals surface area contributed by atoms with Crippen molar-refractivity contribution in [3.05, 3.63) is 145 Å². The maximum absolute atomic E-state index is 9.52. The largest absolute Gasteiger partial charge is 0.456 e. The summed E-state index contributed by atoms with van der Waals surface area (Å²) in [6, 6.07) is 46.8. The fourth-order valence-electron chi connectivity index (χ4n) is 6.28. The van der Waals surface area contributed by atoms with Crippen LogP contribution >= 0.6 is 0 Å². The van der Waals surface area contributed by atoms with Crippen LogP contribution in [-0.2, 0) is 0 Å². The summed E-state index contributed by atoms with van der Waals surface area (Å²) in [7, 11) is 0. The third-order valence-corrected chi connectivity index (χ3v) is 8.50. The molecule has 0 saturated heterocycles.